The summed E-state index contributed by atoms with van der Waals surface area (Å²) in [5.74, 6) is -0.266. The highest BCUT2D eigenvalue weighted by atomic mass is 19.3. The molecule has 1 aliphatic heterocycles. The molecular weight excluding hydrogens is 329 g/mol. The Morgan fingerprint density at radius 2 is 2.04 bits per heavy atom. The number of hydrogen-bond acceptors (Lipinski definition) is 3. The van der Waals surface area contributed by atoms with E-state index < -0.39 is 17.8 Å². The minimum absolute atomic E-state index is 0.163. The number of alkyl halides is 2. The van der Waals surface area contributed by atoms with Crippen molar-refractivity contribution in [3.05, 3.63) is 58.7 Å². The summed E-state index contributed by atoms with van der Waals surface area (Å²) in [6.07, 6.45) is 0.382. The number of fused-ring (bicyclic) bond motifs is 1. The molecule has 0 radical (unpaired) electrons. The summed E-state index contributed by atoms with van der Waals surface area (Å²) < 4.78 is 46.3. The van der Waals surface area contributed by atoms with Crippen LogP contribution in [0.5, 0.6) is 5.75 Å². The van der Waals surface area contributed by atoms with Crippen LogP contribution in [0.4, 0.5) is 13.2 Å². The van der Waals surface area contributed by atoms with Crippen LogP contribution in [0.3, 0.4) is 0 Å². The van der Waals surface area contributed by atoms with Crippen LogP contribution in [-0.2, 0) is 0 Å². The highest BCUT2D eigenvalue weighted by Gasteiger charge is 2.52. The van der Waals surface area contributed by atoms with Crippen molar-refractivity contribution in [3.8, 4) is 5.75 Å². The summed E-state index contributed by atoms with van der Waals surface area (Å²) >= 11 is 0. The molecule has 1 aliphatic carbocycles. The fourth-order valence-corrected chi connectivity index (χ4v) is 3.28. The van der Waals surface area contributed by atoms with E-state index in [1.165, 1.54) is 12.3 Å². The SMILES string of the molecule is Cc1cc(C2=N[C@H](C)C3(CC3)Oc3c(F)cccc32)cnc1C(F)F. The predicted molar refractivity (Wildman–Crippen MR) is 88.0 cm³/mol. The van der Waals surface area contributed by atoms with Gasteiger partial charge in [-0.3, -0.25) is 9.98 Å². The van der Waals surface area contributed by atoms with Gasteiger partial charge in [-0.25, -0.2) is 13.2 Å². The molecule has 3 nitrogen and oxygen atoms in total. The van der Waals surface area contributed by atoms with Gasteiger partial charge in [0.15, 0.2) is 11.6 Å². The molecule has 0 unspecified atom stereocenters. The zero-order valence-electron chi connectivity index (χ0n) is 13.9. The molecule has 1 aromatic heterocycles. The van der Waals surface area contributed by atoms with E-state index in [2.05, 4.69) is 4.98 Å². The Morgan fingerprint density at radius 3 is 2.68 bits per heavy atom. The predicted octanol–water partition coefficient (Wildman–Crippen LogP) is 4.62. The zero-order valence-corrected chi connectivity index (χ0v) is 13.9. The smallest absolute Gasteiger partial charge is 0.280 e. The van der Waals surface area contributed by atoms with E-state index in [0.717, 1.165) is 12.8 Å². The average molecular weight is 346 g/mol. The highest BCUT2D eigenvalue weighted by molar-refractivity contribution is 6.14. The average Bonchev–Trinajstić information content (AvgIpc) is 3.36. The second-order valence-electron chi connectivity index (χ2n) is 6.66. The molecule has 2 aliphatic rings. The minimum Gasteiger partial charge on any atom is -0.481 e. The second-order valence-corrected chi connectivity index (χ2v) is 6.66. The number of aromatic nitrogens is 1. The summed E-state index contributed by atoms with van der Waals surface area (Å²) in [7, 11) is 0. The van der Waals surface area contributed by atoms with Crippen molar-refractivity contribution in [3.63, 3.8) is 0 Å². The fraction of sp³-hybridized carbons (Fsp3) is 0.368. The van der Waals surface area contributed by atoms with Gasteiger partial charge >= 0.3 is 0 Å². The monoisotopic (exact) mass is 346 g/mol. The van der Waals surface area contributed by atoms with Crippen molar-refractivity contribution in [2.75, 3.05) is 0 Å². The maximum absolute atomic E-state index is 14.4. The number of pyridine rings is 1. The molecule has 1 fully saturated rings. The molecule has 1 saturated carbocycles. The van der Waals surface area contributed by atoms with Gasteiger partial charge in [-0.1, -0.05) is 6.07 Å². The van der Waals surface area contributed by atoms with Crippen molar-refractivity contribution < 1.29 is 17.9 Å². The molecule has 0 N–H and O–H groups in total. The molecule has 1 spiro atoms. The summed E-state index contributed by atoms with van der Waals surface area (Å²) in [6, 6.07) is 6.15. The highest BCUT2D eigenvalue weighted by Crippen LogP contribution is 2.48. The third-order valence-electron chi connectivity index (χ3n) is 4.95. The number of halogens is 3. The fourth-order valence-electron chi connectivity index (χ4n) is 3.28. The van der Waals surface area contributed by atoms with Gasteiger partial charge in [0.2, 0.25) is 0 Å². The van der Waals surface area contributed by atoms with Gasteiger partial charge in [0.05, 0.1) is 11.8 Å². The van der Waals surface area contributed by atoms with Gasteiger partial charge in [-0.15, -0.1) is 0 Å². The van der Waals surface area contributed by atoms with E-state index in [0.29, 0.717) is 22.4 Å². The summed E-state index contributed by atoms with van der Waals surface area (Å²) in [4.78, 5) is 8.65. The Balaban J connectivity index is 1.88. The van der Waals surface area contributed by atoms with E-state index >= 15 is 0 Å². The van der Waals surface area contributed by atoms with Gasteiger partial charge in [0.1, 0.15) is 11.3 Å². The van der Waals surface area contributed by atoms with Crippen molar-refractivity contribution in [1.82, 2.24) is 4.98 Å². The van der Waals surface area contributed by atoms with Crippen LogP contribution in [0.2, 0.25) is 0 Å². The standard InChI is InChI=1S/C19H17F3N2O/c1-10-8-12(9-23-15(10)18(21)22)16-13-4-3-5-14(20)17(13)25-19(6-7-19)11(2)24-16/h3-5,8-9,11,18H,6-7H2,1-2H3/t11-/m1/s1. The molecule has 0 bridgehead atoms. The van der Waals surface area contributed by atoms with E-state index in [1.54, 1.807) is 25.1 Å². The topological polar surface area (TPSA) is 34.5 Å². The normalized spacial score (nSPS) is 20.7. The van der Waals surface area contributed by atoms with Crippen LogP contribution in [0.1, 0.15) is 48.6 Å². The first-order valence-corrected chi connectivity index (χ1v) is 8.22. The molecule has 0 saturated heterocycles. The molecule has 2 heterocycles. The van der Waals surface area contributed by atoms with Gasteiger partial charge < -0.3 is 4.74 Å². The number of ether oxygens (including phenoxy) is 1. The van der Waals surface area contributed by atoms with Crippen LogP contribution >= 0.6 is 0 Å². The van der Waals surface area contributed by atoms with E-state index in [-0.39, 0.29) is 17.5 Å². The van der Waals surface area contributed by atoms with Crippen LogP contribution < -0.4 is 4.74 Å². The third-order valence-corrected chi connectivity index (χ3v) is 4.95. The third kappa shape index (κ3) is 2.60. The summed E-state index contributed by atoms with van der Waals surface area (Å²) in [5, 5.41) is 0. The Labute approximate surface area is 143 Å². The van der Waals surface area contributed by atoms with Gasteiger partial charge in [-0.05, 0) is 50.5 Å². The van der Waals surface area contributed by atoms with E-state index in [4.69, 9.17) is 9.73 Å². The number of para-hydroxylation sites is 1. The molecule has 25 heavy (non-hydrogen) atoms. The Hall–Kier alpha value is -2.37. The van der Waals surface area contributed by atoms with Gasteiger partial charge in [0.25, 0.3) is 6.43 Å². The van der Waals surface area contributed by atoms with Gasteiger partial charge in [-0.2, -0.15) is 0 Å². The molecule has 6 heteroatoms. The van der Waals surface area contributed by atoms with Crippen molar-refractivity contribution in [2.45, 2.75) is 44.8 Å². The lowest BCUT2D eigenvalue weighted by atomic mass is 10.0. The lowest BCUT2D eigenvalue weighted by Gasteiger charge is -2.20. The molecule has 130 valence electrons. The maximum Gasteiger partial charge on any atom is 0.280 e. The van der Waals surface area contributed by atoms with Crippen LogP contribution in [-0.4, -0.2) is 22.3 Å². The number of aryl methyl sites for hydroxylation is 1. The molecular formula is C19H17F3N2O. The van der Waals surface area contributed by atoms with Crippen LogP contribution in [0.15, 0.2) is 35.5 Å². The lowest BCUT2D eigenvalue weighted by Crippen LogP contribution is -2.29. The Morgan fingerprint density at radius 1 is 1.28 bits per heavy atom. The van der Waals surface area contributed by atoms with Crippen molar-refractivity contribution in [2.24, 2.45) is 4.99 Å². The first kappa shape index (κ1) is 16.1. The Kier molecular flexibility index (Phi) is 3.60. The molecule has 1 atom stereocenters. The summed E-state index contributed by atoms with van der Waals surface area (Å²) in [5.41, 5.74) is 1.31. The number of benzene rings is 1. The van der Waals surface area contributed by atoms with Crippen molar-refractivity contribution in [1.29, 1.82) is 0 Å². The van der Waals surface area contributed by atoms with Gasteiger partial charge in [0, 0.05) is 17.3 Å². The number of aliphatic imine (C=N–C) groups is 1. The molecule has 2 aromatic rings. The maximum atomic E-state index is 14.4. The number of rotatable bonds is 2. The first-order valence-electron chi connectivity index (χ1n) is 8.22. The first-order chi connectivity index (χ1) is 11.9. The molecule has 4 rings (SSSR count). The lowest BCUT2D eigenvalue weighted by molar-refractivity contribution is 0.145. The van der Waals surface area contributed by atoms with E-state index in [1.807, 2.05) is 6.92 Å². The largest absolute Gasteiger partial charge is 0.481 e. The molecule has 1 aromatic carbocycles. The molecule has 0 amide bonds. The van der Waals surface area contributed by atoms with Crippen LogP contribution in [0.25, 0.3) is 0 Å². The quantitative estimate of drug-likeness (QED) is 0.795. The van der Waals surface area contributed by atoms with Crippen LogP contribution in [0, 0.1) is 12.7 Å². The van der Waals surface area contributed by atoms with E-state index in [9.17, 15) is 13.2 Å². The number of hydrogen-bond donors (Lipinski definition) is 0. The minimum atomic E-state index is -2.63. The van der Waals surface area contributed by atoms with Crippen molar-refractivity contribution >= 4 is 5.71 Å². The Bertz CT molecular complexity index is 875. The summed E-state index contributed by atoms with van der Waals surface area (Å²) in [6.45, 7) is 3.52. The second kappa shape index (κ2) is 5.58. The number of nitrogens with zero attached hydrogens (tertiary/aromatic N) is 2. The zero-order chi connectivity index (χ0) is 17.8.